The van der Waals surface area contributed by atoms with E-state index in [1.807, 2.05) is 12.3 Å². The van der Waals surface area contributed by atoms with E-state index in [0.717, 1.165) is 12.2 Å². The molecule has 1 aliphatic carbocycles. The lowest BCUT2D eigenvalue weighted by atomic mass is 10.1. The van der Waals surface area contributed by atoms with Gasteiger partial charge in [-0.3, -0.25) is 4.99 Å². The summed E-state index contributed by atoms with van der Waals surface area (Å²) in [6.45, 7) is 0. The zero-order valence-corrected chi connectivity index (χ0v) is 7.29. The lowest BCUT2D eigenvalue weighted by Gasteiger charge is -2.00. The Morgan fingerprint density at radius 3 is 3.33 bits per heavy atom. The third kappa shape index (κ3) is 1.29. The summed E-state index contributed by atoms with van der Waals surface area (Å²) in [6, 6.07) is 0. The van der Waals surface area contributed by atoms with Crippen LogP contribution < -0.4 is 0 Å². The minimum Gasteiger partial charge on any atom is -0.495 e. The quantitative estimate of drug-likeness (QED) is 0.581. The molecule has 0 bridgehead atoms. The minimum atomic E-state index is 0.578. The molecule has 2 rings (SSSR count). The second-order valence-corrected chi connectivity index (χ2v) is 3.21. The van der Waals surface area contributed by atoms with Gasteiger partial charge in [-0.25, -0.2) is 0 Å². The maximum Gasteiger partial charge on any atom is 0.136 e. The van der Waals surface area contributed by atoms with E-state index >= 15 is 0 Å². The molecule has 0 amide bonds. The molecule has 0 unspecified atom stereocenters. The Balaban J connectivity index is 2.24. The van der Waals surface area contributed by atoms with Crippen LogP contribution in [0.2, 0.25) is 0 Å². The highest BCUT2D eigenvalue weighted by atomic mass is 16.5. The minimum absolute atomic E-state index is 0.578. The first-order chi connectivity index (χ1) is 5.90. The molecule has 0 N–H and O–H groups in total. The third-order valence-electron chi connectivity index (χ3n) is 2.46. The topological polar surface area (TPSA) is 21.6 Å². The highest BCUT2D eigenvalue weighted by Crippen LogP contribution is 2.26. The van der Waals surface area contributed by atoms with E-state index < -0.39 is 0 Å². The predicted molar refractivity (Wildman–Crippen MR) is 49.0 cm³/mol. The van der Waals surface area contributed by atoms with E-state index in [4.69, 9.17) is 4.74 Å². The summed E-state index contributed by atoms with van der Waals surface area (Å²) in [5.41, 5.74) is 1.32. The lowest BCUT2D eigenvalue weighted by Crippen LogP contribution is -2.01. The molecule has 0 aromatic carbocycles. The molecule has 1 saturated carbocycles. The molecular formula is C10H13NO. The van der Waals surface area contributed by atoms with Crippen molar-refractivity contribution in [2.45, 2.75) is 19.3 Å². The van der Waals surface area contributed by atoms with E-state index in [0.29, 0.717) is 5.92 Å². The maximum absolute atomic E-state index is 5.10. The molecule has 64 valence electrons. The third-order valence-corrected chi connectivity index (χ3v) is 2.46. The maximum atomic E-state index is 5.10. The molecule has 0 aromatic heterocycles. The fraction of sp³-hybridized carbons (Fsp3) is 0.500. The molecule has 2 nitrogen and oxygen atoms in total. The van der Waals surface area contributed by atoms with Crippen LogP contribution in [-0.4, -0.2) is 12.8 Å². The van der Waals surface area contributed by atoms with Gasteiger partial charge < -0.3 is 4.74 Å². The molecule has 12 heavy (non-hydrogen) atoms. The monoisotopic (exact) mass is 163 g/mol. The van der Waals surface area contributed by atoms with Gasteiger partial charge in [0, 0.05) is 11.6 Å². The summed E-state index contributed by atoms with van der Waals surface area (Å²) >= 11 is 0. The fourth-order valence-corrected chi connectivity index (χ4v) is 1.74. The second kappa shape index (κ2) is 3.13. The van der Waals surface area contributed by atoms with Crippen molar-refractivity contribution in [3.05, 3.63) is 24.1 Å². The van der Waals surface area contributed by atoms with Crippen molar-refractivity contribution in [1.29, 1.82) is 0 Å². The van der Waals surface area contributed by atoms with Crippen molar-refractivity contribution in [2.75, 3.05) is 7.11 Å². The van der Waals surface area contributed by atoms with Crippen LogP contribution in [0, 0.1) is 5.92 Å². The number of hydrogen-bond donors (Lipinski definition) is 0. The van der Waals surface area contributed by atoms with Gasteiger partial charge >= 0.3 is 0 Å². The van der Waals surface area contributed by atoms with Gasteiger partial charge in [0.15, 0.2) is 0 Å². The van der Waals surface area contributed by atoms with E-state index in [2.05, 4.69) is 11.1 Å². The highest BCUT2D eigenvalue weighted by Gasteiger charge is 2.20. The molecule has 2 heteroatoms. The number of rotatable bonds is 1. The van der Waals surface area contributed by atoms with Gasteiger partial charge in [0.1, 0.15) is 5.76 Å². The van der Waals surface area contributed by atoms with Crippen LogP contribution in [0.1, 0.15) is 19.3 Å². The van der Waals surface area contributed by atoms with Crippen molar-refractivity contribution in [3.8, 4) is 0 Å². The number of fused-ring (bicyclic) bond motifs is 1. The van der Waals surface area contributed by atoms with Gasteiger partial charge in [-0.05, 0) is 25.3 Å². The molecule has 1 aliphatic heterocycles. The Hall–Kier alpha value is -1.05. The van der Waals surface area contributed by atoms with E-state index in [9.17, 15) is 0 Å². The Bertz CT molecular complexity index is 263. The zero-order chi connectivity index (χ0) is 8.39. The van der Waals surface area contributed by atoms with Crippen LogP contribution in [0.5, 0.6) is 0 Å². The van der Waals surface area contributed by atoms with Crippen molar-refractivity contribution in [3.63, 3.8) is 0 Å². The number of methoxy groups -OCH3 is 1. The number of aliphatic imine (C=N–C) groups is 1. The van der Waals surface area contributed by atoms with Gasteiger partial charge in [-0.1, -0.05) is 6.08 Å². The lowest BCUT2D eigenvalue weighted by molar-refractivity contribution is 0.306. The molecule has 1 fully saturated rings. The Kier molecular flexibility index (Phi) is 1.98. The average Bonchev–Trinajstić information content (AvgIpc) is 2.46. The van der Waals surface area contributed by atoms with E-state index in [1.165, 1.54) is 18.6 Å². The van der Waals surface area contributed by atoms with Gasteiger partial charge in [-0.15, -0.1) is 0 Å². The summed E-state index contributed by atoms with van der Waals surface area (Å²) < 4.78 is 5.10. The van der Waals surface area contributed by atoms with Crippen molar-refractivity contribution < 1.29 is 4.74 Å². The molecule has 0 aromatic rings. The first-order valence-electron chi connectivity index (χ1n) is 4.39. The van der Waals surface area contributed by atoms with Gasteiger partial charge in [0.2, 0.25) is 0 Å². The van der Waals surface area contributed by atoms with Crippen molar-refractivity contribution in [2.24, 2.45) is 10.9 Å². The van der Waals surface area contributed by atoms with Gasteiger partial charge in [0.25, 0.3) is 0 Å². The summed E-state index contributed by atoms with van der Waals surface area (Å²) in [4.78, 5) is 4.40. The fourth-order valence-electron chi connectivity index (χ4n) is 1.74. The number of ether oxygens (including phenoxy) is 1. The summed E-state index contributed by atoms with van der Waals surface area (Å²) in [7, 11) is 1.68. The molecule has 0 radical (unpaired) electrons. The molecular weight excluding hydrogens is 150 g/mol. The van der Waals surface area contributed by atoms with Gasteiger partial charge in [-0.2, -0.15) is 0 Å². The Labute approximate surface area is 72.6 Å². The Morgan fingerprint density at radius 1 is 1.58 bits per heavy atom. The van der Waals surface area contributed by atoms with Gasteiger partial charge in [0.05, 0.1) is 13.3 Å². The van der Waals surface area contributed by atoms with Crippen LogP contribution >= 0.6 is 0 Å². The molecule has 2 aliphatic rings. The Morgan fingerprint density at radius 2 is 2.50 bits per heavy atom. The molecule has 1 atom stereocenters. The van der Waals surface area contributed by atoms with Crippen LogP contribution in [-0.2, 0) is 4.74 Å². The summed E-state index contributed by atoms with van der Waals surface area (Å²) in [6.07, 6.45) is 9.73. The first kappa shape index (κ1) is 7.59. The van der Waals surface area contributed by atoms with Crippen LogP contribution in [0.15, 0.2) is 29.1 Å². The second-order valence-electron chi connectivity index (χ2n) is 3.21. The summed E-state index contributed by atoms with van der Waals surface area (Å²) in [5.74, 6) is 1.44. The smallest absolute Gasteiger partial charge is 0.136 e. The normalized spacial score (nSPS) is 27.2. The SMILES string of the molecule is COC1=CN=C2CCC[C@H]2C=C1. The predicted octanol–water partition coefficient (Wildman–Crippen LogP) is 2.29. The van der Waals surface area contributed by atoms with Crippen LogP contribution in [0.4, 0.5) is 0 Å². The molecule has 0 spiro atoms. The van der Waals surface area contributed by atoms with E-state index in [1.54, 1.807) is 7.11 Å². The van der Waals surface area contributed by atoms with Crippen LogP contribution in [0.3, 0.4) is 0 Å². The van der Waals surface area contributed by atoms with E-state index in [-0.39, 0.29) is 0 Å². The number of hydrogen-bond acceptors (Lipinski definition) is 2. The molecule has 1 heterocycles. The number of allylic oxidation sites excluding steroid dienone is 2. The van der Waals surface area contributed by atoms with Crippen LogP contribution in [0.25, 0.3) is 0 Å². The number of nitrogens with zero attached hydrogens (tertiary/aromatic N) is 1. The summed E-state index contributed by atoms with van der Waals surface area (Å²) in [5, 5.41) is 0. The van der Waals surface area contributed by atoms with Crippen molar-refractivity contribution in [1.82, 2.24) is 0 Å². The molecule has 0 saturated heterocycles. The average molecular weight is 163 g/mol. The largest absolute Gasteiger partial charge is 0.495 e. The van der Waals surface area contributed by atoms with Crippen molar-refractivity contribution >= 4 is 5.71 Å². The standard InChI is InChI=1S/C10H13NO/c1-12-9-6-5-8-3-2-4-10(8)11-7-9/h5-8H,2-4H2,1H3/t8-/m0/s1. The zero-order valence-electron chi connectivity index (χ0n) is 7.29. The highest BCUT2D eigenvalue weighted by molar-refractivity contribution is 5.90. The first-order valence-corrected chi connectivity index (χ1v) is 4.39.